The van der Waals surface area contributed by atoms with Crippen LogP contribution in [-0.4, -0.2) is 73.5 Å². The van der Waals surface area contributed by atoms with Crippen molar-refractivity contribution < 1.29 is 13.9 Å². The molecule has 3 heterocycles. The summed E-state index contributed by atoms with van der Waals surface area (Å²) < 4.78 is 11.0. The van der Waals surface area contributed by atoms with Gasteiger partial charge in [-0.3, -0.25) is 4.79 Å². The monoisotopic (exact) mass is 385 g/mol. The maximum atomic E-state index is 12.7. The van der Waals surface area contributed by atoms with E-state index in [1.165, 1.54) is 5.69 Å². The Bertz CT molecular complexity index is 777. The quantitative estimate of drug-likeness (QED) is 0.769. The van der Waals surface area contributed by atoms with Crippen molar-refractivity contribution in [2.24, 2.45) is 0 Å². The first-order valence-electron chi connectivity index (χ1n) is 9.99. The van der Waals surface area contributed by atoms with Crippen LogP contribution in [0.15, 0.2) is 28.7 Å². The Kier molecular flexibility index (Phi) is 5.76. The molecule has 0 unspecified atom stereocenters. The summed E-state index contributed by atoms with van der Waals surface area (Å²) >= 11 is 0. The van der Waals surface area contributed by atoms with Gasteiger partial charge in [-0.05, 0) is 17.7 Å². The van der Waals surface area contributed by atoms with E-state index in [1.807, 2.05) is 16.7 Å². The van der Waals surface area contributed by atoms with E-state index in [4.69, 9.17) is 9.15 Å². The molecule has 1 aromatic heterocycles. The predicted molar refractivity (Wildman–Crippen MR) is 106 cm³/mol. The Balaban J connectivity index is 1.28. The zero-order valence-electron chi connectivity index (χ0n) is 16.3. The van der Waals surface area contributed by atoms with E-state index >= 15 is 0 Å². The molecule has 0 spiro atoms. The van der Waals surface area contributed by atoms with Crippen LogP contribution in [-0.2, 0) is 22.4 Å². The molecule has 1 amide bonds. The van der Waals surface area contributed by atoms with E-state index in [2.05, 4.69) is 39.4 Å². The van der Waals surface area contributed by atoms with Crippen LogP contribution in [0.2, 0.25) is 0 Å². The maximum absolute atomic E-state index is 12.7. The van der Waals surface area contributed by atoms with Gasteiger partial charge in [-0.2, -0.15) is 0 Å². The van der Waals surface area contributed by atoms with Crippen LogP contribution in [0.25, 0.3) is 0 Å². The zero-order valence-corrected chi connectivity index (χ0v) is 16.3. The van der Waals surface area contributed by atoms with Gasteiger partial charge in [0.2, 0.25) is 11.8 Å². The minimum Gasteiger partial charge on any atom is -0.408 e. The molecule has 2 saturated heterocycles. The largest absolute Gasteiger partial charge is 0.408 e. The second kappa shape index (κ2) is 8.60. The van der Waals surface area contributed by atoms with Gasteiger partial charge in [-0.25, -0.2) is 0 Å². The third-order valence-electron chi connectivity index (χ3n) is 5.33. The third kappa shape index (κ3) is 4.27. The molecule has 8 heteroatoms. The van der Waals surface area contributed by atoms with Gasteiger partial charge < -0.3 is 23.9 Å². The molecule has 150 valence electrons. The number of rotatable bonds is 5. The number of amides is 1. The number of carbonyl (C=O) groups excluding carboxylic acids is 1. The van der Waals surface area contributed by atoms with Gasteiger partial charge >= 0.3 is 6.01 Å². The summed E-state index contributed by atoms with van der Waals surface area (Å²) in [5.74, 6) is 0.813. The number of piperazine rings is 1. The van der Waals surface area contributed by atoms with Crippen molar-refractivity contribution in [3.63, 3.8) is 0 Å². The van der Waals surface area contributed by atoms with Crippen molar-refractivity contribution in [2.75, 3.05) is 62.3 Å². The standard InChI is InChI=1S/C20H27N5O3/c1-2-18-21-22-20(28-18)25-9-7-24(8-10-25)19(26)15-16-3-5-17(6-4-16)23-11-13-27-14-12-23/h3-6H,2,7-15H2,1H3. The third-order valence-corrected chi connectivity index (χ3v) is 5.33. The summed E-state index contributed by atoms with van der Waals surface area (Å²) in [7, 11) is 0. The molecule has 8 nitrogen and oxygen atoms in total. The number of aryl methyl sites for hydroxylation is 1. The van der Waals surface area contributed by atoms with Crippen LogP contribution in [0.1, 0.15) is 18.4 Å². The number of hydrogen-bond acceptors (Lipinski definition) is 7. The number of ether oxygens (including phenoxy) is 1. The highest BCUT2D eigenvalue weighted by Crippen LogP contribution is 2.18. The van der Waals surface area contributed by atoms with Crippen LogP contribution in [0.3, 0.4) is 0 Å². The fraction of sp³-hybridized carbons (Fsp3) is 0.550. The normalized spacial score (nSPS) is 17.8. The second-order valence-corrected chi connectivity index (χ2v) is 7.14. The minimum atomic E-state index is 0.165. The molecule has 2 fully saturated rings. The first-order chi connectivity index (χ1) is 13.7. The summed E-state index contributed by atoms with van der Waals surface area (Å²) in [4.78, 5) is 19.0. The van der Waals surface area contributed by atoms with Gasteiger partial charge in [0.05, 0.1) is 19.6 Å². The number of carbonyl (C=O) groups is 1. The Morgan fingerprint density at radius 2 is 1.68 bits per heavy atom. The average Bonchev–Trinajstić information content (AvgIpc) is 3.24. The molecule has 0 saturated carbocycles. The number of anilines is 2. The van der Waals surface area contributed by atoms with Crippen LogP contribution in [0, 0.1) is 0 Å². The number of hydrogen-bond donors (Lipinski definition) is 0. The lowest BCUT2D eigenvalue weighted by molar-refractivity contribution is -0.130. The second-order valence-electron chi connectivity index (χ2n) is 7.14. The molecule has 2 aliphatic heterocycles. The number of morpholine rings is 1. The highest BCUT2D eigenvalue weighted by molar-refractivity contribution is 5.79. The Hall–Kier alpha value is -2.61. The van der Waals surface area contributed by atoms with Gasteiger partial charge in [-0.1, -0.05) is 24.2 Å². The van der Waals surface area contributed by atoms with Crippen molar-refractivity contribution in [3.8, 4) is 0 Å². The number of aromatic nitrogens is 2. The van der Waals surface area contributed by atoms with Gasteiger partial charge in [0.1, 0.15) is 0 Å². The van der Waals surface area contributed by atoms with Gasteiger partial charge in [0, 0.05) is 51.4 Å². The molecule has 0 N–H and O–H groups in total. The van der Waals surface area contributed by atoms with Gasteiger partial charge in [-0.15, -0.1) is 5.10 Å². The van der Waals surface area contributed by atoms with E-state index < -0.39 is 0 Å². The highest BCUT2D eigenvalue weighted by atomic mass is 16.5. The predicted octanol–water partition coefficient (Wildman–Crippen LogP) is 1.36. The topological polar surface area (TPSA) is 74.9 Å². The summed E-state index contributed by atoms with van der Waals surface area (Å²) in [5.41, 5.74) is 2.24. The SMILES string of the molecule is CCc1nnc(N2CCN(C(=O)Cc3ccc(N4CCOCC4)cc3)CC2)o1. The molecule has 0 atom stereocenters. The van der Waals surface area contributed by atoms with Crippen LogP contribution >= 0.6 is 0 Å². The zero-order chi connectivity index (χ0) is 19.3. The fourth-order valence-corrected chi connectivity index (χ4v) is 3.60. The molecule has 2 aliphatic rings. The molecular weight excluding hydrogens is 358 g/mol. The van der Waals surface area contributed by atoms with E-state index in [9.17, 15) is 4.79 Å². The molecule has 28 heavy (non-hydrogen) atoms. The first-order valence-corrected chi connectivity index (χ1v) is 9.99. The number of benzene rings is 1. The minimum absolute atomic E-state index is 0.165. The lowest BCUT2D eigenvalue weighted by Crippen LogP contribution is -2.49. The van der Waals surface area contributed by atoms with Crippen molar-refractivity contribution in [3.05, 3.63) is 35.7 Å². The summed E-state index contributed by atoms with van der Waals surface area (Å²) in [6.45, 7) is 8.15. The molecule has 1 aromatic carbocycles. The summed E-state index contributed by atoms with van der Waals surface area (Å²) in [6, 6.07) is 8.88. The highest BCUT2D eigenvalue weighted by Gasteiger charge is 2.24. The van der Waals surface area contributed by atoms with Crippen molar-refractivity contribution in [1.29, 1.82) is 0 Å². The van der Waals surface area contributed by atoms with E-state index in [1.54, 1.807) is 0 Å². The molecular formula is C20H27N5O3. The van der Waals surface area contributed by atoms with E-state index in [0.29, 0.717) is 44.5 Å². The van der Waals surface area contributed by atoms with Crippen molar-refractivity contribution >= 4 is 17.6 Å². The summed E-state index contributed by atoms with van der Waals surface area (Å²) in [6.07, 6.45) is 1.17. The lowest BCUT2D eigenvalue weighted by Gasteiger charge is -2.33. The fourth-order valence-electron chi connectivity index (χ4n) is 3.60. The molecule has 0 bridgehead atoms. The average molecular weight is 385 g/mol. The lowest BCUT2D eigenvalue weighted by atomic mass is 10.1. The van der Waals surface area contributed by atoms with Gasteiger partial charge in [0.25, 0.3) is 0 Å². The van der Waals surface area contributed by atoms with Gasteiger partial charge in [0.15, 0.2) is 0 Å². The van der Waals surface area contributed by atoms with Crippen LogP contribution in [0.5, 0.6) is 0 Å². The Morgan fingerprint density at radius 3 is 2.32 bits per heavy atom. The Labute approximate surface area is 165 Å². The van der Waals surface area contributed by atoms with E-state index in [-0.39, 0.29) is 5.91 Å². The van der Waals surface area contributed by atoms with Crippen molar-refractivity contribution in [1.82, 2.24) is 15.1 Å². The molecule has 0 radical (unpaired) electrons. The molecule has 0 aliphatic carbocycles. The Morgan fingerprint density at radius 1 is 0.964 bits per heavy atom. The number of nitrogens with zero attached hydrogens (tertiary/aromatic N) is 5. The molecule has 2 aromatic rings. The van der Waals surface area contributed by atoms with Crippen molar-refractivity contribution in [2.45, 2.75) is 19.8 Å². The molecule has 4 rings (SSSR count). The van der Waals surface area contributed by atoms with E-state index in [0.717, 1.165) is 38.3 Å². The first kappa shape index (κ1) is 18.7. The van der Waals surface area contributed by atoms with Crippen LogP contribution in [0.4, 0.5) is 11.7 Å². The summed E-state index contributed by atoms with van der Waals surface area (Å²) in [5, 5.41) is 8.10. The van der Waals surface area contributed by atoms with Crippen LogP contribution < -0.4 is 9.80 Å². The maximum Gasteiger partial charge on any atom is 0.318 e. The smallest absolute Gasteiger partial charge is 0.318 e.